The largest absolute Gasteiger partial charge is 0.376 e. The van der Waals surface area contributed by atoms with E-state index in [2.05, 4.69) is 18.7 Å². The third-order valence-electron chi connectivity index (χ3n) is 3.07. The average Bonchev–Trinajstić information content (AvgIpc) is 2.16. The summed E-state index contributed by atoms with van der Waals surface area (Å²) in [7, 11) is 0. The molecule has 3 nitrogen and oxygen atoms in total. The summed E-state index contributed by atoms with van der Waals surface area (Å²) in [4.78, 5) is 13.6. The fourth-order valence-electron chi connectivity index (χ4n) is 1.93. The zero-order chi connectivity index (χ0) is 10.7. The summed E-state index contributed by atoms with van der Waals surface area (Å²) in [5.74, 6) is 0.248. The molecule has 0 saturated carbocycles. The number of Topliss-reactive ketones (excluding diaryl/α,β-unsaturated/α-hetero) is 1. The van der Waals surface area contributed by atoms with Crippen LogP contribution in [0.1, 0.15) is 34.1 Å². The van der Waals surface area contributed by atoms with E-state index in [9.17, 15) is 4.79 Å². The molecule has 0 aromatic carbocycles. The van der Waals surface area contributed by atoms with Gasteiger partial charge < -0.3 is 4.74 Å². The van der Waals surface area contributed by atoms with E-state index in [1.54, 1.807) is 6.92 Å². The second kappa shape index (κ2) is 4.89. The Bertz CT molecular complexity index is 205. The second-order valence-electron chi connectivity index (χ2n) is 4.19. The smallest absolute Gasteiger partial charge is 0.146 e. The SMILES string of the molecule is CCC1COC(C)CN1C(C)C(C)=O. The summed E-state index contributed by atoms with van der Waals surface area (Å²) in [6.45, 7) is 9.49. The molecule has 0 aromatic heterocycles. The molecule has 0 N–H and O–H groups in total. The molecule has 82 valence electrons. The van der Waals surface area contributed by atoms with Gasteiger partial charge in [-0.05, 0) is 27.2 Å². The molecule has 3 heteroatoms. The van der Waals surface area contributed by atoms with Crippen LogP contribution in [0.2, 0.25) is 0 Å². The molecule has 0 bridgehead atoms. The van der Waals surface area contributed by atoms with Crippen LogP contribution in [0.25, 0.3) is 0 Å². The number of hydrogen-bond donors (Lipinski definition) is 0. The summed E-state index contributed by atoms with van der Waals surface area (Å²) in [6.07, 6.45) is 1.30. The number of ketones is 1. The maximum atomic E-state index is 11.3. The highest BCUT2D eigenvalue weighted by atomic mass is 16.5. The average molecular weight is 199 g/mol. The number of morpholine rings is 1. The molecule has 0 spiro atoms. The van der Waals surface area contributed by atoms with Crippen LogP contribution in [0.15, 0.2) is 0 Å². The number of hydrogen-bond acceptors (Lipinski definition) is 3. The molecule has 3 unspecified atom stereocenters. The van der Waals surface area contributed by atoms with Crippen LogP contribution in [0.4, 0.5) is 0 Å². The van der Waals surface area contributed by atoms with E-state index in [1.807, 2.05) is 6.92 Å². The Balaban J connectivity index is 2.65. The van der Waals surface area contributed by atoms with Crippen molar-refractivity contribution in [2.45, 2.75) is 52.3 Å². The molecule has 0 aromatic rings. The fraction of sp³-hybridized carbons (Fsp3) is 0.909. The van der Waals surface area contributed by atoms with E-state index >= 15 is 0 Å². The van der Waals surface area contributed by atoms with Crippen molar-refractivity contribution in [2.75, 3.05) is 13.2 Å². The Labute approximate surface area is 86.4 Å². The van der Waals surface area contributed by atoms with Gasteiger partial charge in [0.15, 0.2) is 0 Å². The second-order valence-corrected chi connectivity index (χ2v) is 4.19. The predicted octanol–water partition coefficient (Wildman–Crippen LogP) is 1.46. The van der Waals surface area contributed by atoms with Gasteiger partial charge in [-0.15, -0.1) is 0 Å². The maximum Gasteiger partial charge on any atom is 0.146 e. The summed E-state index contributed by atoms with van der Waals surface area (Å²) in [5.41, 5.74) is 0. The van der Waals surface area contributed by atoms with Crippen LogP contribution < -0.4 is 0 Å². The molecule has 1 aliphatic heterocycles. The van der Waals surface area contributed by atoms with Crippen LogP contribution in [-0.4, -0.2) is 42.0 Å². The lowest BCUT2D eigenvalue weighted by atomic mass is 10.1. The van der Waals surface area contributed by atoms with Gasteiger partial charge in [0.05, 0.1) is 18.8 Å². The molecule has 1 aliphatic rings. The van der Waals surface area contributed by atoms with Crippen LogP contribution in [0.5, 0.6) is 0 Å². The quantitative estimate of drug-likeness (QED) is 0.689. The van der Waals surface area contributed by atoms with Gasteiger partial charge in [0, 0.05) is 12.6 Å². The molecule has 1 rings (SSSR count). The Morgan fingerprint density at radius 3 is 2.79 bits per heavy atom. The first-order valence-electron chi connectivity index (χ1n) is 5.44. The highest BCUT2D eigenvalue weighted by Gasteiger charge is 2.30. The molecule has 1 fully saturated rings. The predicted molar refractivity (Wildman–Crippen MR) is 56.3 cm³/mol. The molecule has 0 radical (unpaired) electrons. The Hall–Kier alpha value is -0.410. The fourth-order valence-corrected chi connectivity index (χ4v) is 1.93. The van der Waals surface area contributed by atoms with E-state index in [0.29, 0.717) is 6.04 Å². The first kappa shape index (κ1) is 11.7. The molecule has 1 heterocycles. The lowest BCUT2D eigenvalue weighted by Gasteiger charge is -2.41. The van der Waals surface area contributed by atoms with Crippen molar-refractivity contribution >= 4 is 5.78 Å². The highest BCUT2D eigenvalue weighted by Crippen LogP contribution is 2.17. The number of nitrogens with zero attached hydrogens (tertiary/aromatic N) is 1. The number of carbonyl (C=O) groups is 1. The monoisotopic (exact) mass is 199 g/mol. The lowest BCUT2D eigenvalue weighted by Crippen LogP contribution is -2.54. The summed E-state index contributed by atoms with van der Waals surface area (Å²) < 4.78 is 5.59. The molecule has 1 saturated heterocycles. The van der Waals surface area contributed by atoms with Gasteiger partial charge in [-0.3, -0.25) is 9.69 Å². The van der Waals surface area contributed by atoms with Crippen molar-refractivity contribution in [3.8, 4) is 0 Å². The minimum atomic E-state index is 0.0336. The Morgan fingerprint density at radius 2 is 2.29 bits per heavy atom. The minimum absolute atomic E-state index is 0.0336. The lowest BCUT2D eigenvalue weighted by molar-refractivity contribution is -0.128. The van der Waals surface area contributed by atoms with Gasteiger partial charge >= 0.3 is 0 Å². The van der Waals surface area contributed by atoms with Crippen molar-refractivity contribution in [1.82, 2.24) is 4.90 Å². The standard InChI is InChI=1S/C11H21NO2/c1-5-11-7-14-8(2)6-12(11)9(3)10(4)13/h8-9,11H,5-7H2,1-4H3. The Morgan fingerprint density at radius 1 is 1.64 bits per heavy atom. The van der Waals surface area contributed by atoms with E-state index in [-0.39, 0.29) is 17.9 Å². The Kier molecular flexibility index (Phi) is 4.08. The van der Waals surface area contributed by atoms with Crippen molar-refractivity contribution < 1.29 is 9.53 Å². The molecular formula is C11H21NO2. The van der Waals surface area contributed by atoms with Crippen molar-refractivity contribution in [2.24, 2.45) is 0 Å². The molecule has 3 atom stereocenters. The number of rotatable bonds is 3. The van der Waals surface area contributed by atoms with Gasteiger partial charge in [-0.25, -0.2) is 0 Å². The van der Waals surface area contributed by atoms with Crippen molar-refractivity contribution in [3.63, 3.8) is 0 Å². The van der Waals surface area contributed by atoms with Gasteiger partial charge in [-0.1, -0.05) is 6.92 Å². The number of carbonyl (C=O) groups excluding carboxylic acids is 1. The highest BCUT2D eigenvalue weighted by molar-refractivity contribution is 5.81. The maximum absolute atomic E-state index is 11.3. The number of ether oxygens (including phenoxy) is 1. The zero-order valence-corrected chi connectivity index (χ0v) is 9.62. The molecule has 14 heavy (non-hydrogen) atoms. The summed E-state index contributed by atoms with van der Waals surface area (Å²) in [5, 5.41) is 0. The van der Waals surface area contributed by atoms with Crippen molar-refractivity contribution in [1.29, 1.82) is 0 Å². The van der Waals surface area contributed by atoms with E-state index in [1.165, 1.54) is 0 Å². The summed E-state index contributed by atoms with van der Waals surface area (Å²) in [6, 6.07) is 0.441. The van der Waals surface area contributed by atoms with Crippen LogP contribution in [-0.2, 0) is 9.53 Å². The third kappa shape index (κ3) is 2.55. The topological polar surface area (TPSA) is 29.5 Å². The van der Waals surface area contributed by atoms with Gasteiger partial charge in [0.25, 0.3) is 0 Å². The normalized spacial score (nSPS) is 31.4. The zero-order valence-electron chi connectivity index (χ0n) is 9.62. The first-order valence-corrected chi connectivity index (χ1v) is 5.44. The molecule has 0 aliphatic carbocycles. The van der Waals surface area contributed by atoms with Crippen LogP contribution in [0.3, 0.4) is 0 Å². The molecular weight excluding hydrogens is 178 g/mol. The van der Waals surface area contributed by atoms with Gasteiger partial charge in [0.2, 0.25) is 0 Å². The van der Waals surface area contributed by atoms with E-state index in [0.717, 1.165) is 19.6 Å². The molecule has 0 amide bonds. The van der Waals surface area contributed by atoms with Gasteiger partial charge in [0.1, 0.15) is 5.78 Å². The van der Waals surface area contributed by atoms with Crippen molar-refractivity contribution in [3.05, 3.63) is 0 Å². The van der Waals surface area contributed by atoms with E-state index < -0.39 is 0 Å². The third-order valence-corrected chi connectivity index (χ3v) is 3.07. The van der Waals surface area contributed by atoms with E-state index in [4.69, 9.17) is 4.74 Å². The summed E-state index contributed by atoms with van der Waals surface area (Å²) >= 11 is 0. The van der Waals surface area contributed by atoms with Gasteiger partial charge in [-0.2, -0.15) is 0 Å². The first-order chi connectivity index (χ1) is 6.56. The minimum Gasteiger partial charge on any atom is -0.376 e. The van der Waals surface area contributed by atoms with Crippen LogP contribution in [0, 0.1) is 0 Å². The van der Waals surface area contributed by atoms with Crippen LogP contribution >= 0.6 is 0 Å².